The molecule has 0 aliphatic carbocycles. The lowest BCUT2D eigenvalue weighted by molar-refractivity contribution is -0.384. The third kappa shape index (κ3) is 6.24. The highest BCUT2D eigenvalue weighted by atomic mass is 32.9. The standard InChI is InChI=1S/C23H22N4O9S2/c1-34-14-20(28)25-10-8-24(9-11-25)19-12-15(2-7-18(19)26-21(29)37-38-22(26)30)13-35-23(31)36-17-5-3-16(4-6-17)27(32)33/h2-7,12H,8-11,13-14H2,1H3. The maximum Gasteiger partial charge on any atom is 0.514 e. The van der Waals surface area contributed by atoms with E-state index in [1.54, 1.807) is 23.1 Å². The highest BCUT2D eigenvalue weighted by molar-refractivity contribution is 7.67. The molecule has 0 atom stereocenters. The molecular weight excluding hydrogens is 540 g/mol. The van der Waals surface area contributed by atoms with Crippen LogP contribution in [0.3, 0.4) is 0 Å². The molecule has 0 N–H and O–H groups in total. The van der Waals surface area contributed by atoms with Gasteiger partial charge in [-0.3, -0.25) is 24.5 Å². The molecule has 2 heterocycles. The van der Waals surface area contributed by atoms with Gasteiger partial charge >= 0.3 is 15.9 Å². The zero-order valence-electron chi connectivity index (χ0n) is 20.1. The molecule has 1 aliphatic heterocycles. The van der Waals surface area contributed by atoms with Gasteiger partial charge in [-0.2, -0.15) is 0 Å². The first kappa shape index (κ1) is 27.0. The molecule has 3 aromatic rings. The van der Waals surface area contributed by atoms with E-state index >= 15 is 0 Å². The van der Waals surface area contributed by atoms with Gasteiger partial charge < -0.3 is 24.0 Å². The molecule has 0 spiro atoms. The normalized spacial score (nSPS) is 13.3. The summed E-state index contributed by atoms with van der Waals surface area (Å²) < 4.78 is 16.3. The van der Waals surface area contributed by atoms with Gasteiger partial charge in [0, 0.05) is 45.4 Å². The van der Waals surface area contributed by atoms with Crippen LogP contribution in [-0.2, 0) is 20.9 Å². The molecule has 15 heteroatoms. The SMILES string of the molecule is COCC(=O)N1CCN(c2cc(COC(=O)Oc3ccc([N+](=O)[O-])cc3)ccc2-n2c(=O)ssc2=O)CC1. The molecule has 200 valence electrons. The van der Waals surface area contributed by atoms with Gasteiger partial charge in [-0.05, 0) is 50.5 Å². The molecule has 2 aromatic carbocycles. The average Bonchev–Trinajstić information content (AvgIpc) is 3.25. The van der Waals surface area contributed by atoms with Crippen molar-refractivity contribution in [2.75, 3.05) is 44.8 Å². The van der Waals surface area contributed by atoms with Crippen LogP contribution in [0.1, 0.15) is 5.56 Å². The predicted molar refractivity (Wildman–Crippen MR) is 139 cm³/mol. The van der Waals surface area contributed by atoms with Crippen LogP contribution in [0, 0.1) is 10.1 Å². The van der Waals surface area contributed by atoms with Crippen molar-refractivity contribution in [1.29, 1.82) is 0 Å². The molecule has 1 fully saturated rings. The first-order valence-corrected chi connectivity index (χ1v) is 13.4. The summed E-state index contributed by atoms with van der Waals surface area (Å²) in [5, 5.41) is 10.8. The summed E-state index contributed by atoms with van der Waals surface area (Å²) in [6, 6.07) is 9.93. The Balaban J connectivity index is 1.50. The van der Waals surface area contributed by atoms with Gasteiger partial charge in [0.15, 0.2) is 0 Å². The molecule has 0 bridgehead atoms. The van der Waals surface area contributed by atoms with Crippen molar-refractivity contribution in [1.82, 2.24) is 9.47 Å². The molecule has 4 rings (SSSR count). The number of ether oxygens (including phenoxy) is 3. The van der Waals surface area contributed by atoms with Crippen molar-refractivity contribution in [3.05, 3.63) is 77.5 Å². The molecule has 0 radical (unpaired) electrons. The predicted octanol–water partition coefficient (Wildman–Crippen LogP) is 2.24. The van der Waals surface area contributed by atoms with Crippen LogP contribution in [0.4, 0.5) is 16.2 Å². The number of nitro groups is 1. The van der Waals surface area contributed by atoms with Gasteiger partial charge in [0.05, 0.1) is 16.3 Å². The van der Waals surface area contributed by atoms with Crippen LogP contribution in [-0.4, -0.2) is 66.3 Å². The number of non-ortho nitro benzene ring substituents is 1. The van der Waals surface area contributed by atoms with E-state index in [0.29, 0.717) is 43.1 Å². The van der Waals surface area contributed by atoms with E-state index in [4.69, 9.17) is 14.2 Å². The van der Waals surface area contributed by atoms with E-state index in [-0.39, 0.29) is 30.6 Å². The monoisotopic (exact) mass is 562 g/mol. The summed E-state index contributed by atoms with van der Waals surface area (Å²) in [6.07, 6.45) is -1.01. The number of benzene rings is 2. The number of anilines is 1. The lowest BCUT2D eigenvalue weighted by Gasteiger charge is -2.37. The molecule has 0 unspecified atom stereocenters. The molecular formula is C23H22N4O9S2. The summed E-state index contributed by atoms with van der Waals surface area (Å²) in [5.41, 5.74) is 1.40. The average molecular weight is 563 g/mol. The van der Waals surface area contributed by atoms with E-state index in [9.17, 15) is 29.3 Å². The number of piperazine rings is 1. The van der Waals surface area contributed by atoms with Crippen molar-refractivity contribution >= 4 is 44.1 Å². The molecule has 1 aliphatic rings. The second kappa shape index (κ2) is 12.0. The van der Waals surface area contributed by atoms with Crippen LogP contribution < -0.4 is 19.4 Å². The number of nitrogens with zero attached hydrogens (tertiary/aromatic N) is 4. The van der Waals surface area contributed by atoms with E-state index in [0.717, 1.165) is 25.2 Å². The molecule has 1 aromatic heterocycles. The molecule has 1 saturated heterocycles. The van der Waals surface area contributed by atoms with Gasteiger partial charge in [0.1, 0.15) is 19.0 Å². The largest absolute Gasteiger partial charge is 0.514 e. The highest BCUT2D eigenvalue weighted by Gasteiger charge is 2.24. The van der Waals surface area contributed by atoms with E-state index in [1.807, 2.05) is 4.90 Å². The third-order valence-electron chi connectivity index (χ3n) is 5.68. The van der Waals surface area contributed by atoms with Crippen LogP contribution in [0.25, 0.3) is 5.69 Å². The Morgan fingerprint density at radius 1 is 0.974 bits per heavy atom. The maximum atomic E-state index is 12.4. The van der Waals surface area contributed by atoms with Crippen LogP contribution >= 0.6 is 20.7 Å². The molecule has 1 amide bonds. The number of amides is 1. The second-order valence-electron chi connectivity index (χ2n) is 8.05. The minimum absolute atomic E-state index is 0.0146. The first-order chi connectivity index (χ1) is 18.3. The molecule has 13 nitrogen and oxygen atoms in total. The Labute approximate surface area is 222 Å². The Bertz CT molecular complexity index is 1410. The zero-order valence-corrected chi connectivity index (χ0v) is 21.7. The lowest BCUT2D eigenvalue weighted by atomic mass is 10.1. The lowest BCUT2D eigenvalue weighted by Crippen LogP contribution is -2.50. The van der Waals surface area contributed by atoms with Gasteiger partial charge in [-0.15, -0.1) is 0 Å². The fourth-order valence-corrected chi connectivity index (χ4v) is 5.42. The fourth-order valence-electron chi connectivity index (χ4n) is 3.83. The minimum atomic E-state index is -1.01. The number of methoxy groups -OCH3 is 1. The number of nitro benzene ring substituents is 1. The Morgan fingerprint density at radius 3 is 2.24 bits per heavy atom. The van der Waals surface area contributed by atoms with Gasteiger partial charge in [-0.25, -0.2) is 9.36 Å². The second-order valence-corrected chi connectivity index (χ2v) is 10.1. The Morgan fingerprint density at radius 2 is 1.63 bits per heavy atom. The maximum absolute atomic E-state index is 12.4. The van der Waals surface area contributed by atoms with Crippen molar-refractivity contribution in [2.24, 2.45) is 0 Å². The quantitative estimate of drug-likeness (QED) is 0.131. The topological polar surface area (TPSA) is 151 Å². The Kier molecular flexibility index (Phi) is 8.50. The number of carbonyl (C=O) groups excluding carboxylic acids is 2. The number of carbonyl (C=O) groups is 2. The molecule has 0 saturated carbocycles. The van der Waals surface area contributed by atoms with Gasteiger partial charge in [0.2, 0.25) is 5.91 Å². The van der Waals surface area contributed by atoms with Crippen molar-refractivity contribution < 1.29 is 28.7 Å². The number of aromatic nitrogens is 1. The summed E-state index contributed by atoms with van der Waals surface area (Å²) >= 11 is 0. The fraction of sp³-hybridized carbons (Fsp3) is 0.304. The zero-order chi connectivity index (χ0) is 27.2. The summed E-state index contributed by atoms with van der Waals surface area (Å²) in [6.45, 7) is 1.57. The van der Waals surface area contributed by atoms with Crippen LogP contribution in [0.2, 0.25) is 0 Å². The van der Waals surface area contributed by atoms with E-state index in [1.165, 1.54) is 31.4 Å². The summed E-state index contributed by atoms with van der Waals surface area (Å²) in [4.78, 5) is 62.2. The van der Waals surface area contributed by atoms with E-state index in [2.05, 4.69) is 0 Å². The smallest absolute Gasteiger partial charge is 0.429 e. The summed E-state index contributed by atoms with van der Waals surface area (Å²) in [7, 11) is 3.14. The van der Waals surface area contributed by atoms with Gasteiger partial charge in [-0.1, -0.05) is 6.07 Å². The van der Waals surface area contributed by atoms with Crippen LogP contribution in [0.15, 0.2) is 52.1 Å². The van der Waals surface area contributed by atoms with Crippen molar-refractivity contribution in [2.45, 2.75) is 6.61 Å². The number of rotatable bonds is 8. The van der Waals surface area contributed by atoms with Crippen molar-refractivity contribution in [3.8, 4) is 11.4 Å². The first-order valence-electron chi connectivity index (χ1n) is 11.2. The highest BCUT2D eigenvalue weighted by Crippen LogP contribution is 2.27. The van der Waals surface area contributed by atoms with Crippen molar-refractivity contribution in [3.63, 3.8) is 0 Å². The number of hydrogen-bond acceptors (Lipinski definition) is 12. The summed E-state index contributed by atoms with van der Waals surface area (Å²) in [5.74, 6) is -0.0441. The number of hydrogen-bond donors (Lipinski definition) is 0. The molecule has 38 heavy (non-hydrogen) atoms. The minimum Gasteiger partial charge on any atom is -0.429 e. The van der Waals surface area contributed by atoms with E-state index < -0.39 is 20.8 Å². The Hall–Kier alpha value is -4.08. The third-order valence-corrected chi connectivity index (χ3v) is 7.52. The van der Waals surface area contributed by atoms with Gasteiger partial charge in [0.25, 0.3) is 5.69 Å². The van der Waals surface area contributed by atoms with Crippen LogP contribution in [0.5, 0.6) is 5.75 Å².